The number of aliphatic hydroxyl groups is 1. The molecule has 0 saturated heterocycles. The second kappa shape index (κ2) is 7.09. The Morgan fingerprint density at radius 3 is 2.85 bits per heavy atom. The molecular weight excluding hydrogens is 322 g/mol. The van der Waals surface area contributed by atoms with Gasteiger partial charge in [-0.25, -0.2) is 0 Å². The van der Waals surface area contributed by atoms with Gasteiger partial charge in [-0.15, -0.1) is 0 Å². The summed E-state index contributed by atoms with van der Waals surface area (Å²) in [5.41, 5.74) is 0.529. The number of amides is 1. The molecule has 1 saturated carbocycles. The lowest BCUT2D eigenvalue weighted by molar-refractivity contribution is 0.0818. The van der Waals surface area contributed by atoms with Gasteiger partial charge in [-0.3, -0.25) is 4.79 Å². The van der Waals surface area contributed by atoms with Gasteiger partial charge in [0.1, 0.15) is 5.75 Å². The van der Waals surface area contributed by atoms with Crippen LogP contribution in [0.1, 0.15) is 42.5 Å². The van der Waals surface area contributed by atoms with E-state index in [1.807, 2.05) is 0 Å². The maximum atomic E-state index is 12.4. The zero-order chi connectivity index (χ0) is 14.5. The lowest BCUT2D eigenvalue weighted by Crippen LogP contribution is -2.42. The number of carbonyl (C=O) groups is 1. The molecule has 110 valence electrons. The number of halogens is 1. The second-order valence-electron chi connectivity index (χ2n) is 5.13. The quantitative estimate of drug-likeness (QED) is 0.831. The first-order valence-corrected chi connectivity index (χ1v) is 7.73. The molecule has 0 heterocycles. The van der Waals surface area contributed by atoms with Crippen LogP contribution in [-0.2, 0) is 0 Å². The van der Waals surface area contributed by atoms with Crippen LogP contribution in [0.2, 0.25) is 0 Å². The molecule has 0 radical (unpaired) electrons. The van der Waals surface area contributed by atoms with E-state index < -0.39 is 6.10 Å². The molecule has 2 atom stereocenters. The molecule has 1 aliphatic rings. The summed E-state index contributed by atoms with van der Waals surface area (Å²) in [7, 11) is 1.57. The standard InChI is InChI=1S/C15H20BrNO3/c1-20-10-7-8-12(16)11(9-10)15(19)17-13-5-3-2-4-6-14(13)18/h7-9,13-14,18H,2-6H2,1H3,(H,17,19). The maximum absolute atomic E-state index is 12.4. The van der Waals surface area contributed by atoms with Gasteiger partial charge < -0.3 is 15.2 Å². The number of hydrogen-bond acceptors (Lipinski definition) is 3. The van der Waals surface area contributed by atoms with Crippen LogP contribution < -0.4 is 10.1 Å². The van der Waals surface area contributed by atoms with Gasteiger partial charge in [-0.05, 0) is 47.0 Å². The van der Waals surface area contributed by atoms with Crippen molar-refractivity contribution in [2.24, 2.45) is 0 Å². The minimum atomic E-state index is -0.453. The van der Waals surface area contributed by atoms with E-state index in [0.29, 0.717) is 11.3 Å². The summed E-state index contributed by atoms with van der Waals surface area (Å²) in [5.74, 6) is 0.460. The van der Waals surface area contributed by atoms with Crippen molar-refractivity contribution < 1.29 is 14.6 Å². The van der Waals surface area contributed by atoms with E-state index in [1.54, 1.807) is 25.3 Å². The van der Waals surface area contributed by atoms with Gasteiger partial charge in [0.25, 0.3) is 5.91 Å². The van der Waals surface area contributed by atoms with Crippen molar-refractivity contribution in [2.45, 2.75) is 44.2 Å². The van der Waals surface area contributed by atoms with Crippen molar-refractivity contribution >= 4 is 21.8 Å². The summed E-state index contributed by atoms with van der Waals surface area (Å²) in [6, 6.07) is 5.12. The topological polar surface area (TPSA) is 58.6 Å². The first-order chi connectivity index (χ1) is 9.61. The summed E-state index contributed by atoms with van der Waals surface area (Å²) in [5, 5.41) is 13.0. The highest BCUT2D eigenvalue weighted by Crippen LogP contribution is 2.24. The van der Waals surface area contributed by atoms with E-state index in [4.69, 9.17) is 4.74 Å². The highest BCUT2D eigenvalue weighted by Gasteiger charge is 2.24. The second-order valence-corrected chi connectivity index (χ2v) is 5.99. The average molecular weight is 342 g/mol. The van der Waals surface area contributed by atoms with Crippen molar-refractivity contribution in [3.63, 3.8) is 0 Å². The van der Waals surface area contributed by atoms with Crippen LogP contribution in [0.3, 0.4) is 0 Å². The molecule has 0 spiro atoms. The molecule has 0 aromatic heterocycles. The van der Waals surface area contributed by atoms with E-state index in [-0.39, 0.29) is 11.9 Å². The molecule has 0 aliphatic heterocycles. The molecule has 4 nitrogen and oxygen atoms in total. The van der Waals surface area contributed by atoms with Gasteiger partial charge in [-0.1, -0.05) is 19.3 Å². The fraction of sp³-hybridized carbons (Fsp3) is 0.533. The Bertz CT molecular complexity index is 478. The molecule has 0 bridgehead atoms. The monoisotopic (exact) mass is 341 g/mol. The lowest BCUT2D eigenvalue weighted by atomic mass is 10.1. The van der Waals surface area contributed by atoms with Crippen molar-refractivity contribution in [3.8, 4) is 5.75 Å². The number of rotatable bonds is 3. The van der Waals surface area contributed by atoms with Gasteiger partial charge in [0, 0.05) is 4.47 Å². The third-order valence-electron chi connectivity index (χ3n) is 3.71. The van der Waals surface area contributed by atoms with E-state index in [1.165, 1.54) is 0 Å². The highest BCUT2D eigenvalue weighted by molar-refractivity contribution is 9.10. The van der Waals surface area contributed by atoms with Gasteiger partial charge in [0.05, 0.1) is 24.8 Å². The van der Waals surface area contributed by atoms with Crippen molar-refractivity contribution in [3.05, 3.63) is 28.2 Å². The first kappa shape index (κ1) is 15.3. The van der Waals surface area contributed by atoms with E-state index in [9.17, 15) is 9.90 Å². The predicted octanol–water partition coefficient (Wildman–Crippen LogP) is 2.88. The summed E-state index contributed by atoms with van der Waals surface area (Å²) in [4.78, 5) is 12.4. The Morgan fingerprint density at radius 1 is 1.35 bits per heavy atom. The number of aliphatic hydroxyl groups excluding tert-OH is 1. The van der Waals surface area contributed by atoms with Gasteiger partial charge >= 0.3 is 0 Å². The number of nitrogens with one attached hydrogen (secondary N) is 1. The summed E-state index contributed by atoms with van der Waals surface area (Å²) < 4.78 is 5.86. The fourth-order valence-electron chi connectivity index (χ4n) is 2.51. The molecule has 1 aliphatic carbocycles. The lowest BCUT2D eigenvalue weighted by Gasteiger charge is -2.22. The molecule has 5 heteroatoms. The molecule has 2 unspecified atom stereocenters. The zero-order valence-electron chi connectivity index (χ0n) is 11.6. The number of ether oxygens (including phenoxy) is 1. The Morgan fingerprint density at radius 2 is 2.10 bits per heavy atom. The van der Waals surface area contributed by atoms with E-state index in [2.05, 4.69) is 21.2 Å². The maximum Gasteiger partial charge on any atom is 0.252 e. The van der Waals surface area contributed by atoms with Crippen LogP contribution in [0.4, 0.5) is 0 Å². The molecule has 1 aromatic rings. The molecule has 1 amide bonds. The highest BCUT2D eigenvalue weighted by atomic mass is 79.9. The number of methoxy groups -OCH3 is 1. The first-order valence-electron chi connectivity index (χ1n) is 6.94. The van der Waals surface area contributed by atoms with Gasteiger partial charge in [-0.2, -0.15) is 0 Å². The fourth-order valence-corrected chi connectivity index (χ4v) is 2.93. The minimum absolute atomic E-state index is 0.164. The van der Waals surface area contributed by atoms with Crippen molar-refractivity contribution in [1.82, 2.24) is 5.32 Å². The van der Waals surface area contributed by atoms with Gasteiger partial charge in [0.2, 0.25) is 0 Å². The van der Waals surface area contributed by atoms with Crippen molar-refractivity contribution in [2.75, 3.05) is 7.11 Å². The molecule has 2 N–H and O–H groups in total. The normalized spacial score (nSPS) is 22.9. The summed E-state index contributed by atoms with van der Waals surface area (Å²) >= 11 is 3.38. The van der Waals surface area contributed by atoms with Crippen LogP contribution in [0.25, 0.3) is 0 Å². The molecule has 20 heavy (non-hydrogen) atoms. The number of carbonyl (C=O) groups excluding carboxylic acids is 1. The molecule has 1 aromatic carbocycles. The average Bonchev–Trinajstić information content (AvgIpc) is 2.64. The van der Waals surface area contributed by atoms with Crippen molar-refractivity contribution in [1.29, 1.82) is 0 Å². The van der Waals surface area contributed by atoms with E-state index in [0.717, 1.165) is 36.6 Å². The summed E-state index contributed by atoms with van der Waals surface area (Å²) in [6.07, 6.45) is 4.31. The third-order valence-corrected chi connectivity index (χ3v) is 4.41. The zero-order valence-corrected chi connectivity index (χ0v) is 13.1. The smallest absolute Gasteiger partial charge is 0.252 e. The Labute approximate surface area is 127 Å². The van der Waals surface area contributed by atoms with Gasteiger partial charge in [0.15, 0.2) is 0 Å². The summed E-state index contributed by atoms with van der Waals surface area (Å²) in [6.45, 7) is 0. The number of benzene rings is 1. The number of hydrogen-bond donors (Lipinski definition) is 2. The van der Waals surface area contributed by atoms with Crippen LogP contribution in [0.15, 0.2) is 22.7 Å². The van der Waals surface area contributed by atoms with Crippen LogP contribution in [-0.4, -0.2) is 30.3 Å². The Kier molecular flexibility index (Phi) is 5.43. The molecular formula is C15H20BrNO3. The predicted molar refractivity (Wildman–Crippen MR) is 81.0 cm³/mol. The van der Waals surface area contributed by atoms with E-state index >= 15 is 0 Å². The minimum Gasteiger partial charge on any atom is -0.497 e. The molecule has 1 fully saturated rings. The third kappa shape index (κ3) is 3.73. The Balaban J connectivity index is 2.10. The van der Waals surface area contributed by atoms with Crippen LogP contribution >= 0.6 is 15.9 Å². The molecule has 2 rings (SSSR count). The Hall–Kier alpha value is -1.07. The largest absolute Gasteiger partial charge is 0.497 e. The van der Waals surface area contributed by atoms with Crippen LogP contribution in [0.5, 0.6) is 5.75 Å². The SMILES string of the molecule is COc1ccc(Br)c(C(=O)NC2CCCCCC2O)c1. The van der Waals surface area contributed by atoms with Crippen LogP contribution in [0, 0.1) is 0 Å².